The minimum Gasteiger partial charge on any atom is -0.388 e. The molecular formula is C8H11F3N2O. The Morgan fingerprint density at radius 1 is 1.50 bits per heavy atom. The first-order chi connectivity index (χ1) is 6.49. The number of rotatable bonds is 4. The molecule has 0 radical (unpaired) electrons. The summed E-state index contributed by atoms with van der Waals surface area (Å²) in [4.78, 5) is 0. The SMILES string of the molecule is OC(CCCC(F)(F)F)c1cn[nH]c1. The van der Waals surface area contributed by atoms with Gasteiger partial charge in [-0.05, 0) is 12.8 Å². The molecule has 1 atom stereocenters. The van der Waals surface area contributed by atoms with Gasteiger partial charge in [0.15, 0.2) is 0 Å². The summed E-state index contributed by atoms with van der Waals surface area (Å²) in [5, 5.41) is 15.5. The van der Waals surface area contributed by atoms with Gasteiger partial charge in [0.05, 0.1) is 12.3 Å². The third-order valence-electron chi connectivity index (χ3n) is 1.84. The molecule has 1 unspecified atom stereocenters. The Labute approximate surface area is 78.9 Å². The van der Waals surface area contributed by atoms with Gasteiger partial charge in [0.1, 0.15) is 0 Å². The van der Waals surface area contributed by atoms with Crippen molar-refractivity contribution in [2.75, 3.05) is 0 Å². The standard InChI is InChI=1S/C8H11F3N2O/c9-8(10,11)3-1-2-7(14)6-4-12-13-5-6/h4-5,7,14H,1-3H2,(H,12,13). The molecule has 0 saturated carbocycles. The molecule has 80 valence electrons. The Balaban J connectivity index is 2.26. The van der Waals surface area contributed by atoms with E-state index < -0.39 is 18.7 Å². The third-order valence-corrected chi connectivity index (χ3v) is 1.84. The second-order valence-electron chi connectivity index (χ2n) is 3.05. The van der Waals surface area contributed by atoms with E-state index in [0.717, 1.165) is 0 Å². The van der Waals surface area contributed by atoms with Gasteiger partial charge in [0.25, 0.3) is 0 Å². The molecule has 1 aromatic rings. The zero-order chi connectivity index (χ0) is 10.6. The quantitative estimate of drug-likeness (QED) is 0.796. The molecule has 0 aliphatic carbocycles. The molecule has 1 heterocycles. The molecule has 3 nitrogen and oxygen atoms in total. The van der Waals surface area contributed by atoms with Gasteiger partial charge in [0.2, 0.25) is 0 Å². The molecule has 0 bridgehead atoms. The lowest BCUT2D eigenvalue weighted by Gasteiger charge is -2.09. The first-order valence-electron chi connectivity index (χ1n) is 4.22. The van der Waals surface area contributed by atoms with Crippen LogP contribution in [0.5, 0.6) is 0 Å². The number of hydrogen-bond acceptors (Lipinski definition) is 2. The number of halogens is 3. The molecule has 0 aliphatic heterocycles. The Kier molecular flexibility index (Phi) is 3.51. The maximum absolute atomic E-state index is 11.7. The minimum atomic E-state index is -4.14. The van der Waals surface area contributed by atoms with E-state index in [2.05, 4.69) is 10.2 Å². The second kappa shape index (κ2) is 4.45. The molecular weight excluding hydrogens is 197 g/mol. The van der Waals surface area contributed by atoms with Crippen LogP contribution in [0.4, 0.5) is 13.2 Å². The summed E-state index contributed by atoms with van der Waals surface area (Å²) < 4.78 is 35.2. The molecule has 0 spiro atoms. The van der Waals surface area contributed by atoms with Gasteiger partial charge in [-0.2, -0.15) is 18.3 Å². The van der Waals surface area contributed by atoms with Crippen molar-refractivity contribution in [2.24, 2.45) is 0 Å². The van der Waals surface area contributed by atoms with Crippen molar-refractivity contribution in [3.63, 3.8) is 0 Å². The topological polar surface area (TPSA) is 48.9 Å². The van der Waals surface area contributed by atoms with E-state index in [1.165, 1.54) is 12.4 Å². The fraction of sp³-hybridized carbons (Fsp3) is 0.625. The molecule has 0 amide bonds. The Bertz CT molecular complexity index is 258. The van der Waals surface area contributed by atoms with Gasteiger partial charge in [-0.15, -0.1) is 0 Å². The first kappa shape index (κ1) is 11.0. The summed E-state index contributed by atoms with van der Waals surface area (Å²) >= 11 is 0. The number of aromatic amines is 1. The van der Waals surface area contributed by atoms with E-state index in [4.69, 9.17) is 0 Å². The van der Waals surface area contributed by atoms with E-state index in [-0.39, 0.29) is 12.8 Å². The highest BCUT2D eigenvalue weighted by Crippen LogP contribution is 2.25. The van der Waals surface area contributed by atoms with E-state index in [0.29, 0.717) is 5.56 Å². The van der Waals surface area contributed by atoms with Gasteiger partial charge < -0.3 is 5.11 Å². The van der Waals surface area contributed by atoms with Crippen molar-refractivity contribution < 1.29 is 18.3 Å². The van der Waals surface area contributed by atoms with Crippen LogP contribution < -0.4 is 0 Å². The smallest absolute Gasteiger partial charge is 0.388 e. The normalized spacial score (nSPS) is 14.3. The van der Waals surface area contributed by atoms with Crippen LogP contribution >= 0.6 is 0 Å². The molecule has 14 heavy (non-hydrogen) atoms. The van der Waals surface area contributed by atoms with Gasteiger partial charge in [0, 0.05) is 18.2 Å². The zero-order valence-corrected chi connectivity index (χ0v) is 7.38. The lowest BCUT2D eigenvalue weighted by Crippen LogP contribution is -2.07. The van der Waals surface area contributed by atoms with Crippen molar-refractivity contribution >= 4 is 0 Å². The molecule has 1 rings (SSSR count). The van der Waals surface area contributed by atoms with Crippen LogP contribution in [-0.4, -0.2) is 21.5 Å². The van der Waals surface area contributed by atoms with Crippen molar-refractivity contribution in [2.45, 2.75) is 31.5 Å². The van der Waals surface area contributed by atoms with Crippen molar-refractivity contribution in [3.8, 4) is 0 Å². The van der Waals surface area contributed by atoms with Crippen LogP contribution in [0, 0.1) is 0 Å². The molecule has 6 heteroatoms. The number of nitrogens with zero attached hydrogens (tertiary/aromatic N) is 1. The first-order valence-corrected chi connectivity index (χ1v) is 4.22. The highest BCUT2D eigenvalue weighted by Gasteiger charge is 2.26. The van der Waals surface area contributed by atoms with E-state index in [1.54, 1.807) is 0 Å². The van der Waals surface area contributed by atoms with Gasteiger partial charge >= 0.3 is 6.18 Å². The average Bonchev–Trinajstić information content (AvgIpc) is 2.53. The molecule has 0 aromatic carbocycles. The van der Waals surface area contributed by atoms with Gasteiger partial charge in [-0.3, -0.25) is 5.10 Å². The van der Waals surface area contributed by atoms with E-state index in [1.807, 2.05) is 0 Å². The fourth-order valence-corrected chi connectivity index (χ4v) is 1.11. The summed E-state index contributed by atoms with van der Waals surface area (Å²) in [6.07, 6.45) is -2.97. The predicted molar refractivity (Wildman–Crippen MR) is 43.5 cm³/mol. The van der Waals surface area contributed by atoms with Crippen molar-refractivity contribution in [1.29, 1.82) is 0 Å². The van der Waals surface area contributed by atoms with Gasteiger partial charge in [-0.1, -0.05) is 0 Å². The summed E-state index contributed by atoms with van der Waals surface area (Å²) in [6, 6.07) is 0. The maximum atomic E-state index is 11.7. The number of hydrogen-bond donors (Lipinski definition) is 2. The molecule has 1 aromatic heterocycles. The van der Waals surface area contributed by atoms with Crippen LogP contribution in [0.15, 0.2) is 12.4 Å². The predicted octanol–water partition coefficient (Wildman–Crippen LogP) is 2.18. The number of aromatic nitrogens is 2. The summed E-state index contributed by atoms with van der Waals surface area (Å²) in [5.41, 5.74) is 0.521. The number of H-pyrrole nitrogens is 1. The number of aliphatic hydroxyl groups is 1. The number of aliphatic hydroxyl groups excluding tert-OH is 1. The summed E-state index contributed by atoms with van der Waals surface area (Å²) in [5.74, 6) is 0. The highest BCUT2D eigenvalue weighted by molar-refractivity contribution is 5.06. The van der Waals surface area contributed by atoms with Crippen LogP contribution in [0.25, 0.3) is 0 Å². The van der Waals surface area contributed by atoms with E-state index >= 15 is 0 Å². The second-order valence-corrected chi connectivity index (χ2v) is 3.05. The lowest BCUT2D eigenvalue weighted by molar-refractivity contribution is -0.136. The zero-order valence-electron chi connectivity index (χ0n) is 7.38. The largest absolute Gasteiger partial charge is 0.389 e. The summed E-state index contributed by atoms with van der Waals surface area (Å²) in [6.45, 7) is 0. The molecule has 0 fully saturated rings. The Hall–Kier alpha value is -1.04. The molecule has 0 saturated heterocycles. The van der Waals surface area contributed by atoms with Crippen molar-refractivity contribution in [3.05, 3.63) is 18.0 Å². The number of alkyl halides is 3. The monoisotopic (exact) mass is 208 g/mol. The lowest BCUT2D eigenvalue weighted by atomic mass is 10.1. The number of nitrogens with one attached hydrogen (secondary N) is 1. The average molecular weight is 208 g/mol. The van der Waals surface area contributed by atoms with Gasteiger partial charge in [-0.25, -0.2) is 0 Å². The maximum Gasteiger partial charge on any atom is 0.389 e. The third kappa shape index (κ3) is 3.78. The van der Waals surface area contributed by atoms with Crippen LogP contribution in [0.3, 0.4) is 0 Å². The fourth-order valence-electron chi connectivity index (χ4n) is 1.11. The van der Waals surface area contributed by atoms with E-state index in [9.17, 15) is 18.3 Å². The van der Waals surface area contributed by atoms with Crippen molar-refractivity contribution in [1.82, 2.24) is 10.2 Å². The highest BCUT2D eigenvalue weighted by atomic mass is 19.4. The van der Waals surface area contributed by atoms with Crippen LogP contribution in [-0.2, 0) is 0 Å². The summed E-state index contributed by atoms with van der Waals surface area (Å²) in [7, 11) is 0. The van der Waals surface area contributed by atoms with Crippen LogP contribution in [0.2, 0.25) is 0 Å². The molecule has 0 aliphatic rings. The van der Waals surface area contributed by atoms with Crippen LogP contribution in [0.1, 0.15) is 30.9 Å². The Morgan fingerprint density at radius 2 is 2.21 bits per heavy atom. The molecule has 2 N–H and O–H groups in total. The Morgan fingerprint density at radius 3 is 2.71 bits per heavy atom. The minimum absolute atomic E-state index is 0.0736.